The molecule has 1 aromatic heterocycles. The Balaban J connectivity index is 2.16. The minimum Gasteiger partial charge on any atom is -0.369 e. The van der Waals surface area contributed by atoms with E-state index in [1.165, 1.54) is 22.6 Å². The first-order valence-electron chi connectivity index (χ1n) is 6.29. The summed E-state index contributed by atoms with van der Waals surface area (Å²) >= 11 is 2.02. The normalized spacial score (nSPS) is 16.2. The maximum atomic E-state index is 5.88. The van der Waals surface area contributed by atoms with Crippen molar-refractivity contribution in [3.05, 3.63) is 36.0 Å². The molecule has 0 unspecified atom stereocenters. The van der Waals surface area contributed by atoms with E-state index in [9.17, 15) is 0 Å². The summed E-state index contributed by atoms with van der Waals surface area (Å²) < 4.78 is 0. The van der Waals surface area contributed by atoms with Crippen LogP contribution in [0.2, 0.25) is 0 Å². The molecule has 1 aliphatic heterocycles. The molecule has 4 heteroatoms. The molecule has 0 atom stereocenters. The first-order valence-corrected chi connectivity index (χ1v) is 7.45. The van der Waals surface area contributed by atoms with Crippen molar-refractivity contribution in [2.45, 2.75) is 6.54 Å². The van der Waals surface area contributed by atoms with E-state index < -0.39 is 0 Å². The number of hydrogen-bond acceptors (Lipinski definition) is 4. The second-order valence-corrected chi connectivity index (χ2v) is 5.68. The Morgan fingerprint density at radius 3 is 2.78 bits per heavy atom. The Morgan fingerprint density at radius 1 is 1.22 bits per heavy atom. The summed E-state index contributed by atoms with van der Waals surface area (Å²) in [6.07, 6.45) is 1.93. The second-order valence-electron chi connectivity index (χ2n) is 4.45. The van der Waals surface area contributed by atoms with Gasteiger partial charge in [-0.25, -0.2) is 0 Å². The lowest BCUT2D eigenvalue weighted by Gasteiger charge is -2.31. The molecular formula is C14H17N3S. The van der Waals surface area contributed by atoms with Crippen molar-refractivity contribution in [3.63, 3.8) is 0 Å². The lowest BCUT2D eigenvalue weighted by Crippen LogP contribution is -2.33. The van der Waals surface area contributed by atoms with Gasteiger partial charge in [-0.1, -0.05) is 18.2 Å². The topological polar surface area (TPSA) is 42.1 Å². The molecule has 0 saturated carbocycles. The maximum Gasteiger partial charge on any atom is 0.0723 e. The predicted octanol–water partition coefficient (Wildman–Crippen LogP) is 2.25. The number of para-hydroxylation sites is 1. The predicted molar refractivity (Wildman–Crippen MR) is 79.2 cm³/mol. The Kier molecular flexibility index (Phi) is 3.39. The van der Waals surface area contributed by atoms with Crippen LogP contribution >= 0.6 is 11.8 Å². The summed E-state index contributed by atoms with van der Waals surface area (Å²) in [5.41, 5.74) is 9.38. The molecule has 2 heterocycles. The van der Waals surface area contributed by atoms with E-state index in [1.807, 2.05) is 24.0 Å². The van der Waals surface area contributed by atoms with Crippen molar-refractivity contribution < 1.29 is 0 Å². The molecule has 1 saturated heterocycles. The van der Waals surface area contributed by atoms with Gasteiger partial charge in [0.2, 0.25) is 0 Å². The van der Waals surface area contributed by atoms with E-state index in [2.05, 4.69) is 28.1 Å². The molecule has 0 aliphatic carbocycles. The smallest absolute Gasteiger partial charge is 0.0723 e. The fourth-order valence-corrected chi connectivity index (χ4v) is 3.38. The van der Waals surface area contributed by atoms with Gasteiger partial charge in [-0.2, -0.15) is 11.8 Å². The zero-order chi connectivity index (χ0) is 12.4. The summed E-state index contributed by atoms with van der Waals surface area (Å²) in [5, 5.41) is 1.23. The number of aromatic nitrogens is 1. The van der Waals surface area contributed by atoms with Crippen LogP contribution in [0.3, 0.4) is 0 Å². The minimum absolute atomic E-state index is 0.552. The molecule has 0 bridgehead atoms. The van der Waals surface area contributed by atoms with Crippen molar-refractivity contribution in [2.24, 2.45) is 5.73 Å². The number of thioether (sulfide) groups is 1. The average molecular weight is 259 g/mol. The van der Waals surface area contributed by atoms with Gasteiger partial charge < -0.3 is 10.6 Å². The molecule has 2 aromatic rings. The van der Waals surface area contributed by atoms with Crippen LogP contribution in [0.5, 0.6) is 0 Å². The van der Waals surface area contributed by atoms with Crippen LogP contribution in [-0.4, -0.2) is 29.6 Å². The number of rotatable bonds is 2. The van der Waals surface area contributed by atoms with Gasteiger partial charge in [-0.15, -0.1) is 0 Å². The monoisotopic (exact) mass is 259 g/mol. The third kappa shape index (κ3) is 2.06. The average Bonchev–Trinajstić information content (AvgIpc) is 2.47. The van der Waals surface area contributed by atoms with Crippen molar-refractivity contribution >= 4 is 28.4 Å². The summed E-state index contributed by atoms with van der Waals surface area (Å²) in [4.78, 5) is 6.96. The second kappa shape index (κ2) is 5.16. The first kappa shape index (κ1) is 11.8. The fraction of sp³-hybridized carbons (Fsp3) is 0.357. The molecule has 0 amide bonds. The quantitative estimate of drug-likeness (QED) is 0.898. The molecule has 2 N–H and O–H groups in total. The van der Waals surface area contributed by atoms with E-state index in [4.69, 9.17) is 5.73 Å². The number of nitrogens with zero attached hydrogens (tertiary/aromatic N) is 2. The molecule has 0 radical (unpaired) electrons. The Bertz CT molecular complexity index is 550. The van der Waals surface area contributed by atoms with Crippen molar-refractivity contribution in [2.75, 3.05) is 29.5 Å². The molecule has 1 aliphatic rings. The third-order valence-corrected chi connectivity index (χ3v) is 4.31. The van der Waals surface area contributed by atoms with Crippen molar-refractivity contribution in [1.82, 2.24) is 4.98 Å². The van der Waals surface area contributed by atoms with Crippen LogP contribution in [0.4, 0.5) is 5.69 Å². The van der Waals surface area contributed by atoms with Crippen LogP contribution in [0.15, 0.2) is 30.5 Å². The summed E-state index contributed by atoms with van der Waals surface area (Å²) in [6.45, 7) is 2.76. The minimum atomic E-state index is 0.552. The number of nitrogens with two attached hydrogens (primary N) is 1. The zero-order valence-electron chi connectivity index (χ0n) is 10.3. The lowest BCUT2D eigenvalue weighted by molar-refractivity contribution is 0.849. The molecule has 3 nitrogen and oxygen atoms in total. The van der Waals surface area contributed by atoms with Crippen LogP contribution in [0.1, 0.15) is 5.56 Å². The highest BCUT2D eigenvalue weighted by Crippen LogP contribution is 2.30. The van der Waals surface area contributed by atoms with E-state index in [1.54, 1.807) is 0 Å². The van der Waals surface area contributed by atoms with E-state index in [-0.39, 0.29) is 0 Å². The van der Waals surface area contributed by atoms with Crippen LogP contribution in [0.25, 0.3) is 10.9 Å². The molecule has 3 rings (SSSR count). The Morgan fingerprint density at radius 2 is 2.00 bits per heavy atom. The van der Waals surface area contributed by atoms with Gasteiger partial charge in [0.15, 0.2) is 0 Å². The summed E-state index contributed by atoms with van der Waals surface area (Å²) in [7, 11) is 0. The van der Waals surface area contributed by atoms with Gasteiger partial charge in [-0.3, -0.25) is 4.98 Å². The van der Waals surface area contributed by atoms with Crippen molar-refractivity contribution in [3.8, 4) is 0 Å². The van der Waals surface area contributed by atoms with Crippen LogP contribution < -0.4 is 10.6 Å². The van der Waals surface area contributed by atoms with E-state index in [0.717, 1.165) is 24.2 Å². The van der Waals surface area contributed by atoms with E-state index >= 15 is 0 Å². The molecule has 1 fully saturated rings. The Hall–Kier alpha value is -1.26. The standard InChI is InChI=1S/C14H17N3S/c15-9-11-10-16-13-4-2-1-3-12(13)14(11)17-5-7-18-8-6-17/h1-4,10H,5-9,15H2. The summed E-state index contributed by atoms with van der Waals surface area (Å²) in [5.74, 6) is 2.39. The lowest BCUT2D eigenvalue weighted by atomic mass is 10.1. The highest BCUT2D eigenvalue weighted by Gasteiger charge is 2.17. The fourth-order valence-electron chi connectivity index (χ4n) is 2.48. The highest BCUT2D eigenvalue weighted by molar-refractivity contribution is 7.99. The number of anilines is 1. The SMILES string of the molecule is NCc1cnc2ccccc2c1N1CCSCC1. The number of pyridine rings is 1. The maximum absolute atomic E-state index is 5.88. The van der Waals surface area contributed by atoms with Gasteiger partial charge in [0.25, 0.3) is 0 Å². The zero-order valence-corrected chi connectivity index (χ0v) is 11.1. The van der Waals surface area contributed by atoms with Gasteiger partial charge >= 0.3 is 0 Å². The molecular weight excluding hydrogens is 242 g/mol. The first-order chi connectivity index (χ1) is 8.90. The third-order valence-electron chi connectivity index (χ3n) is 3.37. The van der Waals surface area contributed by atoms with Crippen molar-refractivity contribution in [1.29, 1.82) is 0 Å². The van der Waals surface area contributed by atoms with Gasteiger partial charge in [-0.05, 0) is 6.07 Å². The number of fused-ring (bicyclic) bond motifs is 1. The molecule has 94 valence electrons. The molecule has 18 heavy (non-hydrogen) atoms. The van der Waals surface area contributed by atoms with Gasteiger partial charge in [0.05, 0.1) is 11.2 Å². The van der Waals surface area contributed by atoms with E-state index in [0.29, 0.717) is 6.54 Å². The largest absolute Gasteiger partial charge is 0.369 e. The molecule has 1 aromatic carbocycles. The van der Waals surface area contributed by atoms with Crippen LogP contribution in [-0.2, 0) is 6.54 Å². The van der Waals surface area contributed by atoms with Gasteiger partial charge in [0.1, 0.15) is 0 Å². The van der Waals surface area contributed by atoms with Crippen LogP contribution in [0, 0.1) is 0 Å². The summed E-state index contributed by atoms with van der Waals surface area (Å²) in [6, 6.07) is 8.33. The number of benzene rings is 1. The Labute approximate surface area is 111 Å². The van der Waals surface area contributed by atoms with Gasteiger partial charge in [0, 0.05) is 48.3 Å². The molecule has 0 spiro atoms. The number of hydrogen-bond donors (Lipinski definition) is 1. The highest BCUT2D eigenvalue weighted by atomic mass is 32.2.